The standard InChI is InChI=1S/C11H11ClO2/c1-8-3-4-11(14-2)9(7-8)10(12)5-6-13/h3-7H,1-2H3/b10-5-. The first-order chi connectivity index (χ1) is 6.69. The van der Waals surface area contributed by atoms with Crippen molar-refractivity contribution in [1.29, 1.82) is 0 Å². The Hall–Kier alpha value is -1.28. The molecular formula is C11H11ClO2. The molecule has 0 bridgehead atoms. The van der Waals surface area contributed by atoms with Crippen LogP contribution in [0.4, 0.5) is 0 Å². The second kappa shape index (κ2) is 4.82. The average Bonchev–Trinajstić information content (AvgIpc) is 2.18. The number of allylic oxidation sites excluding steroid dienone is 1. The molecule has 0 atom stereocenters. The highest BCUT2D eigenvalue weighted by Gasteiger charge is 2.05. The molecule has 74 valence electrons. The first-order valence-corrected chi connectivity index (χ1v) is 4.53. The number of hydrogen-bond acceptors (Lipinski definition) is 2. The van der Waals surface area contributed by atoms with Crippen molar-refractivity contribution >= 4 is 22.9 Å². The summed E-state index contributed by atoms with van der Waals surface area (Å²) in [6, 6.07) is 5.63. The molecule has 1 aromatic carbocycles. The second-order valence-electron chi connectivity index (χ2n) is 2.85. The fraction of sp³-hybridized carbons (Fsp3) is 0.182. The van der Waals surface area contributed by atoms with Gasteiger partial charge in [-0.1, -0.05) is 23.2 Å². The maximum absolute atomic E-state index is 10.3. The van der Waals surface area contributed by atoms with E-state index >= 15 is 0 Å². The first-order valence-electron chi connectivity index (χ1n) is 4.15. The lowest BCUT2D eigenvalue weighted by Gasteiger charge is -2.07. The third kappa shape index (κ3) is 2.36. The summed E-state index contributed by atoms with van der Waals surface area (Å²) >= 11 is 5.91. The molecule has 0 aromatic heterocycles. The molecule has 1 rings (SSSR count). The minimum Gasteiger partial charge on any atom is -0.496 e. The molecule has 0 fully saturated rings. The largest absolute Gasteiger partial charge is 0.496 e. The molecule has 0 radical (unpaired) electrons. The molecule has 1 aromatic rings. The van der Waals surface area contributed by atoms with E-state index in [0.29, 0.717) is 17.1 Å². The number of halogens is 1. The molecule has 0 saturated heterocycles. The van der Waals surface area contributed by atoms with Crippen LogP contribution in [-0.2, 0) is 4.79 Å². The first kappa shape index (κ1) is 10.8. The Bertz CT molecular complexity index is 370. The van der Waals surface area contributed by atoms with Crippen LogP contribution in [0.15, 0.2) is 24.3 Å². The highest BCUT2D eigenvalue weighted by molar-refractivity contribution is 6.50. The van der Waals surface area contributed by atoms with Gasteiger partial charge < -0.3 is 4.74 Å². The lowest BCUT2D eigenvalue weighted by atomic mass is 10.1. The number of aldehydes is 1. The summed E-state index contributed by atoms with van der Waals surface area (Å²) < 4.78 is 5.13. The Morgan fingerprint density at radius 2 is 2.21 bits per heavy atom. The van der Waals surface area contributed by atoms with Crippen LogP contribution < -0.4 is 4.74 Å². The van der Waals surface area contributed by atoms with Crippen molar-refractivity contribution < 1.29 is 9.53 Å². The van der Waals surface area contributed by atoms with E-state index in [-0.39, 0.29) is 0 Å². The van der Waals surface area contributed by atoms with Gasteiger partial charge in [0.05, 0.1) is 12.1 Å². The summed E-state index contributed by atoms with van der Waals surface area (Å²) in [5, 5.41) is 0.389. The maximum atomic E-state index is 10.3. The average molecular weight is 211 g/mol. The lowest BCUT2D eigenvalue weighted by Crippen LogP contribution is -1.89. The second-order valence-corrected chi connectivity index (χ2v) is 3.26. The number of ether oxygens (including phenoxy) is 1. The van der Waals surface area contributed by atoms with Gasteiger partial charge in [-0.15, -0.1) is 0 Å². The number of rotatable bonds is 3. The summed E-state index contributed by atoms with van der Waals surface area (Å²) in [6.45, 7) is 1.95. The van der Waals surface area contributed by atoms with Gasteiger partial charge in [-0.25, -0.2) is 0 Å². The fourth-order valence-electron chi connectivity index (χ4n) is 1.16. The summed E-state index contributed by atoms with van der Waals surface area (Å²) in [6.07, 6.45) is 1.96. The van der Waals surface area contributed by atoms with Crippen LogP contribution in [0.5, 0.6) is 5.75 Å². The number of hydrogen-bond donors (Lipinski definition) is 0. The minimum absolute atomic E-state index is 0.389. The molecule has 0 N–H and O–H groups in total. The zero-order valence-electron chi connectivity index (χ0n) is 8.08. The van der Waals surface area contributed by atoms with Gasteiger partial charge in [-0.3, -0.25) is 4.79 Å². The Balaban J connectivity index is 3.23. The highest BCUT2D eigenvalue weighted by Crippen LogP contribution is 2.29. The molecule has 0 saturated carbocycles. The number of aryl methyl sites for hydroxylation is 1. The Kier molecular flexibility index (Phi) is 3.72. The smallest absolute Gasteiger partial charge is 0.144 e. The third-order valence-electron chi connectivity index (χ3n) is 1.83. The fourth-order valence-corrected chi connectivity index (χ4v) is 1.36. The van der Waals surface area contributed by atoms with Crippen molar-refractivity contribution in [2.24, 2.45) is 0 Å². The van der Waals surface area contributed by atoms with E-state index in [2.05, 4.69) is 0 Å². The number of benzene rings is 1. The molecular weight excluding hydrogens is 200 g/mol. The van der Waals surface area contributed by atoms with Crippen LogP contribution in [0.3, 0.4) is 0 Å². The van der Waals surface area contributed by atoms with E-state index in [9.17, 15) is 4.79 Å². The van der Waals surface area contributed by atoms with Crippen molar-refractivity contribution in [2.75, 3.05) is 7.11 Å². The van der Waals surface area contributed by atoms with Crippen LogP contribution in [0, 0.1) is 6.92 Å². The van der Waals surface area contributed by atoms with Crippen LogP contribution in [0.1, 0.15) is 11.1 Å². The SMILES string of the molecule is COc1ccc(C)cc1/C(Cl)=C/C=O. The predicted octanol–water partition coefficient (Wildman–Crippen LogP) is 2.78. The highest BCUT2D eigenvalue weighted by atomic mass is 35.5. The van der Waals surface area contributed by atoms with Gasteiger partial charge in [0.2, 0.25) is 0 Å². The van der Waals surface area contributed by atoms with Crippen molar-refractivity contribution in [3.63, 3.8) is 0 Å². The lowest BCUT2D eigenvalue weighted by molar-refractivity contribution is -0.104. The monoisotopic (exact) mass is 210 g/mol. The quantitative estimate of drug-likeness (QED) is 0.567. The van der Waals surface area contributed by atoms with Gasteiger partial charge in [0, 0.05) is 5.56 Å². The van der Waals surface area contributed by atoms with E-state index in [4.69, 9.17) is 16.3 Å². The van der Waals surface area contributed by atoms with Gasteiger partial charge in [0.15, 0.2) is 0 Å². The molecule has 0 unspecified atom stereocenters. The Morgan fingerprint density at radius 1 is 1.50 bits per heavy atom. The predicted molar refractivity (Wildman–Crippen MR) is 57.6 cm³/mol. The van der Waals surface area contributed by atoms with Gasteiger partial charge in [0.1, 0.15) is 12.0 Å². The van der Waals surface area contributed by atoms with Gasteiger partial charge >= 0.3 is 0 Å². The number of carbonyl (C=O) groups is 1. The molecule has 0 aliphatic heterocycles. The minimum atomic E-state index is 0.389. The molecule has 0 heterocycles. The topological polar surface area (TPSA) is 26.3 Å². The van der Waals surface area contributed by atoms with E-state index in [1.807, 2.05) is 25.1 Å². The van der Waals surface area contributed by atoms with E-state index < -0.39 is 0 Å². The number of carbonyl (C=O) groups excluding carboxylic acids is 1. The normalized spacial score (nSPS) is 11.2. The van der Waals surface area contributed by atoms with Gasteiger partial charge in [-0.05, 0) is 25.1 Å². The van der Waals surface area contributed by atoms with Crippen molar-refractivity contribution in [2.45, 2.75) is 6.92 Å². The summed E-state index contributed by atoms with van der Waals surface area (Å²) in [4.78, 5) is 10.3. The molecule has 0 amide bonds. The van der Waals surface area contributed by atoms with Crippen molar-refractivity contribution in [1.82, 2.24) is 0 Å². The maximum Gasteiger partial charge on any atom is 0.144 e. The van der Waals surface area contributed by atoms with Gasteiger partial charge in [0.25, 0.3) is 0 Å². The van der Waals surface area contributed by atoms with Gasteiger partial charge in [-0.2, -0.15) is 0 Å². The van der Waals surface area contributed by atoms with Crippen molar-refractivity contribution in [3.05, 3.63) is 35.4 Å². The zero-order valence-corrected chi connectivity index (χ0v) is 8.84. The number of methoxy groups -OCH3 is 1. The van der Waals surface area contributed by atoms with E-state index in [0.717, 1.165) is 11.1 Å². The third-order valence-corrected chi connectivity index (χ3v) is 2.16. The zero-order chi connectivity index (χ0) is 10.6. The Labute approximate surface area is 88.1 Å². The summed E-state index contributed by atoms with van der Waals surface area (Å²) in [5.74, 6) is 0.665. The molecule has 0 spiro atoms. The Morgan fingerprint density at radius 3 is 2.79 bits per heavy atom. The summed E-state index contributed by atoms with van der Waals surface area (Å²) in [5.41, 5.74) is 1.81. The molecule has 0 aliphatic carbocycles. The van der Waals surface area contributed by atoms with Crippen LogP contribution >= 0.6 is 11.6 Å². The molecule has 0 aliphatic rings. The van der Waals surface area contributed by atoms with Crippen molar-refractivity contribution in [3.8, 4) is 5.75 Å². The molecule has 14 heavy (non-hydrogen) atoms. The van der Waals surface area contributed by atoms with Crippen LogP contribution in [0.2, 0.25) is 0 Å². The molecule has 2 nitrogen and oxygen atoms in total. The van der Waals surface area contributed by atoms with Crippen LogP contribution in [-0.4, -0.2) is 13.4 Å². The molecule has 3 heteroatoms. The van der Waals surface area contributed by atoms with E-state index in [1.165, 1.54) is 6.08 Å². The van der Waals surface area contributed by atoms with Crippen LogP contribution in [0.25, 0.3) is 5.03 Å². The summed E-state index contributed by atoms with van der Waals surface area (Å²) in [7, 11) is 1.57. The van der Waals surface area contributed by atoms with E-state index in [1.54, 1.807) is 7.11 Å².